The number of thiazole rings is 1. The first kappa shape index (κ1) is 38.5. The number of hydrogen-bond acceptors (Lipinski definition) is 11. The lowest BCUT2D eigenvalue weighted by Crippen LogP contribution is -2.71. The molecule has 54 heavy (non-hydrogen) atoms. The normalized spacial score (nSPS) is 17.9. The molecule has 0 saturated carbocycles. The van der Waals surface area contributed by atoms with Crippen LogP contribution in [0.15, 0.2) is 113 Å². The van der Waals surface area contributed by atoms with Crippen LogP contribution in [0.2, 0.25) is 0 Å². The van der Waals surface area contributed by atoms with Gasteiger partial charge in [0, 0.05) is 17.0 Å². The summed E-state index contributed by atoms with van der Waals surface area (Å²) >= 11 is 8.50. The van der Waals surface area contributed by atoms with E-state index in [1.54, 1.807) is 26.2 Å². The van der Waals surface area contributed by atoms with Crippen molar-refractivity contribution in [1.29, 1.82) is 0 Å². The third kappa shape index (κ3) is 7.86. The number of rotatable bonds is 13. The number of carboxylic acids is 1. The minimum atomic E-state index is -1.28. The van der Waals surface area contributed by atoms with Crippen molar-refractivity contribution >= 4 is 69.3 Å². The van der Waals surface area contributed by atoms with Crippen LogP contribution in [0.3, 0.4) is 0 Å². The number of alkyl halides is 1. The summed E-state index contributed by atoms with van der Waals surface area (Å²) in [6.07, 6.45) is -1.20. The fraction of sp³-hybridized carbons (Fsp3) is 0.282. The second kappa shape index (κ2) is 16.0. The summed E-state index contributed by atoms with van der Waals surface area (Å²) in [5, 5.41) is 21.7. The van der Waals surface area contributed by atoms with E-state index in [9.17, 15) is 24.3 Å². The third-order valence-corrected chi connectivity index (χ3v) is 11.0. The lowest BCUT2D eigenvalue weighted by Gasteiger charge is -2.49. The number of carboxylic acid groups (broad SMARTS) is 1. The van der Waals surface area contributed by atoms with Crippen LogP contribution in [-0.2, 0) is 34.3 Å². The number of benzene rings is 3. The number of β-lactam (4-membered cyclic amide) rings is 1. The van der Waals surface area contributed by atoms with Crippen LogP contribution < -0.4 is 10.6 Å². The monoisotopic (exact) mass is 787 g/mol. The molecule has 280 valence electrons. The van der Waals surface area contributed by atoms with Crippen molar-refractivity contribution in [3.63, 3.8) is 0 Å². The lowest BCUT2D eigenvalue weighted by molar-refractivity contribution is -0.167. The van der Waals surface area contributed by atoms with Crippen molar-refractivity contribution in [3.8, 4) is 0 Å². The van der Waals surface area contributed by atoms with Gasteiger partial charge in [0.1, 0.15) is 33.9 Å². The smallest absolute Gasteiger partial charge is 0.352 e. The van der Waals surface area contributed by atoms with Crippen molar-refractivity contribution in [3.05, 3.63) is 130 Å². The van der Waals surface area contributed by atoms with Crippen LogP contribution in [0.5, 0.6) is 0 Å². The van der Waals surface area contributed by atoms with E-state index in [-0.39, 0.29) is 28.7 Å². The first-order valence-corrected chi connectivity index (χ1v) is 19.4. The Morgan fingerprint density at radius 3 is 2.04 bits per heavy atom. The molecule has 12 nitrogen and oxygen atoms in total. The van der Waals surface area contributed by atoms with Gasteiger partial charge >= 0.3 is 11.9 Å². The van der Waals surface area contributed by atoms with Crippen molar-refractivity contribution in [2.45, 2.75) is 56.4 Å². The highest BCUT2D eigenvalue weighted by Crippen LogP contribution is 2.42. The van der Waals surface area contributed by atoms with Crippen LogP contribution >= 0.6 is 34.7 Å². The van der Waals surface area contributed by atoms with Crippen LogP contribution in [0.25, 0.3) is 0 Å². The number of carbonyl (C=O) groups excluding carboxylic acids is 3. The summed E-state index contributed by atoms with van der Waals surface area (Å²) in [5.74, 6) is -3.17. The number of anilines is 1. The van der Waals surface area contributed by atoms with Crippen molar-refractivity contribution in [2.24, 2.45) is 5.16 Å². The van der Waals surface area contributed by atoms with Gasteiger partial charge in [0.15, 0.2) is 10.8 Å². The van der Waals surface area contributed by atoms with Crippen molar-refractivity contribution in [2.75, 3.05) is 16.9 Å². The topological polar surface area (TPSA) is 160 Å². The van der Waals surface area contributed by atoms with E-state index in [4.69, 9.17) is 26.2 Å². The van der Waals surface area contributed by atoms with E-state index in [0.717, 1.165) is 21.6 Å². The van der Waals surface area contributed by atoms with Crippen molar-refractivity contribution < 1.29 is 33.9 Å². The molecule has 2 unspecified atom stereocenters. The van der Waals surface area contributed by atoms with Gasteiger partial charge in [0.25, 0.3) is 11.8 Å². The number of hydrogen-bond donors (Lipinski definition) is 3. The first-order valence-electron chi connectivity index (χ1n) is 17.0. The molecular weight excluding hydrogens is 750 g/mol. The summed E-state index contributed by atoms with van der Waals surface area (Å²) in [5.41, 5.74) is 1.13. The number of oxime groups is 1. The molecular formula is C39H38ClN5O7S2. The maximum atomic E-state index is 14.0. The molecule has 0 spiro atoms. The molecule has 3 heterocycles. The number of ether oxygens (including phenoxy) is 1. The average molecular weight is 788 g/mol. The summed E-state index contributed by atoms with van der Waals surface area (Å²) in [4.78, 5) is 63.7. The highest BCUT2D eigenvalue weighted by Gasteiger charge is 2.54. The van der Waals surface area contributed by atoms with E-state index in [0.29, 0.717) is 10.7 Å². The standard InChI is InChI=1S/C39H38ClN5O7S2/c1-23(36(50)51-38(2,3)4)52-44-29(32(46)42-30-33(47)45-31(35(48)49)24(20-40)21-53-34(30)45)28-22-54-37(41-28)43-39(25-14-8-5-9-15-25,26-16-10-6-11-17-26)27-18-12-7-13-19-27/h5-19,22-23,30,34H,20-21H2,1-4H3,(H,41,43)(H,42,46)(H,48,49)/b44-29-/t23?,30?,34-/m1/s1. The molecule has 0 aliphatic carbocycles. The molecule has 3 N–H and O–H groups in total. The minimum absolute atomic E-state index is 0.0492. The second-order valence-electron chi connectivity index (χ2n) is 13.5. The Kier molecular flexibility index (Phi) is 11.5. The molecule has 2 aliphatic heterocycles. The lowest BCUT2D eigenvalue weighted by atomic mass is 9.77. The van der Waals surface area contributed by atoms with Gasteiger partial charge in [-0.2, -0.15) is 0 Å². The summed E-state index contributed by atoms with van der Waals surface area (Å²) in [7, 11) is 0. The average Bonchev–Trinajstić information content (AvgIpc) is 3.63. The maximum Gasteiger partial charge on any atom is 0.352 e. The van der Waals surface area contributed by atoms with Gasteiger partial charge in [0.2, 0.25) is 6.10 Å². The Bertz CT molecular complexity index is 1990. The highest BCUT2D eigenvalue weighted by molar-refractivity contribution is 8.00. The number of amides is 2. The quantitative estimate of drug-likeness (QED) is 0.0368. The molecule has 3 atom stereocenters. The number of carbonyl (C=O) groups is 4. The fourth-order valence-corrected chi connectivity index (χ4v) is 8.57. The molecule has 0 radical (unpaired) electrons. The minimum Gasteiger partial charge on any atom is -0.477 e. The molecule has 0 bridgehead atoms. The van der Waals surface area contributed by atoms with E-state index < -0.39 is 52.4 Å². The van der Waals surface area contributed by atoms with Crippen LogP contribution in [-0.4, -0.2) is 79.2 Å². The summed E-state index contributed by atoms with van der Waals surface area (Å²) in [6.45, 7) is 6.59. The van der Waals surface area contributed by atoms with Gasteiger partial charge in [0.05, 0.1) is 0 Å². The Labute approximate surface area is 325 Å². The zero-order valence-electron chi connectivity index (χ0n) is 29.8. The number of fused-ring (bicyclic) bond motifs is 1. The predicted octanol–water partition coefficient (Wildman–Crippen LogP) is 5.98. The Balaban J connectivity index is 1.35. The van der Waals surface area contributed by atoms with E-state index >= 15 is 0 Å². The Morgan fingerprint density at radius 1 is 0.981 bits per heavy atom. The number of esters is 1. The van der Waals surface area contributed by atoms with Gasteiger partial charge in [-0.25, -0.2) is 14.6 Å². The molecule has 15 heteroatoms. The van der Waals surface area contributed by atoms with Gasteiger partial charge < -0.3 is 25.3 Å². The SMILES string of the molecule is CC(O/N=C(\C(=O)NC1C(=O)N2C(C(=O)O)=C(CCl)CS[C@H]12)c1csc(NC(c2ccccc2)(c2ccccc2)c2ccccc2)n1)C(=O)OC(C)(C)C. The number of nitrogens with one attached hydrogen (secondary N) is 2. The Hall–Kier alpha value is -5.18. The molecule has 4 aromatic rings. The zero-order valence-corrected chi connectivity index (χ0v) is 32.2. The van der Waals surface area contributed by atoms with Gasteiger partial charge in [-0.1, -0.05) is 96.2 Å². The van der Waals surface area contributed by atoms with E-state index in [2.05, 4.69) is 15.8 Å². The highest BCUT2D eigenvalue weighted by atomic mass is 35.5. The van der Waals surface area contributed by atoms with Gasteiger partial charge in [-0.15, -0.1) is 34.7 Å². The molecule has 3 aromatic carbocycles. The predicted molar refractivity (Wildman–Crippen MR) is 208 cm³/mol. The third-order valence-electron chi connectivity index (χ3n) is 8.62. The largest absolute Gasteiger partial charge is 0.477 e. The molecule has 6 rings (SSSR count). The first-order chi connectivity index (χ1) is 25.8. The van der Waals surface area contributed by atoms with Crippen LogP contribution in [0.4, 0.5) is 5.13 Å². The maximum absolute atomic E-state index is 14.0. The number of thioether (sulfide) groups is 1. The second-order valence-corrected chi connectivity index (χ2v) is 15.7. The zero-order chi connectivity index (χ0) is 38.6. The fourth-order valence-electron chi connectivity index (χ4n) is 6.14. The van der Waals surface area contributed by atoms with Gasteiger partial charge in [-0.3, -0.25) is 14.5 Å². The number of aliphatic carboxylic acids is 1. The number of nitrogens with zero attached hydrogens (tertiary/aromatic N) is 3. The Morgan fingerprint density at radius 2 is 1.54 bits per heavy atom. The van der Waals surface area contributed by atoms with Crippen LogP contribution in [0.1, 0.15) is 50.1 Å². The van der Waals surface area contributed by atoms with E-state index in [1.165, 1.54) is 30.0 Å². The molecule has 1 aromatic heterocycles. The number of aromatic nitrogens is 1. The van der Waals surface area contributed by atoms with Crippen molar-refractivity contribution in [1.82, 2.24) is 15.2 Å². The molecule has 1 saturated heterocycles. The molecule has 2 aliphatic rings. The summed E-state index contributed by atoms with van der Waals surface area (Å²) in [6, 6.07) is 28.7. The molecule has 1 fully saturated rings. The van der Waals surface area contributed by atoms with Gasteiger partial charge in [-0.05, 0) is 50.0 Å². The van der Waals surface area contributed by atoms with E-state index in [1.807, 2.05) is 91.0 Å². The summed E-state index contributed by atoms with van der Waals surface area (Å²) < 4.78 is 5.42. The number of halogens is 1. The molecule has 2 amide bonds. The van der Waals surface area contributed by atoms with Crippen LogP contribution in [0, 0.1) is 0 Å².